The molecule has 0 amide bonds. The molecule has 96 valence electrons. The summed E-state index contributed by atoms with van der Waals surface area (Å²) in [6.45, 7) is 3.37. The van der Waals surface area contributed by atoms with Gasteiger partial charge >= 0.3 is 0 Å². The molecule has 0 aliphatic heterocycles. The molecule has 1 fully saturated rings. The topological polar surface area (TPSA) is 33.6 Å². The maximum absolute atomic E-state index is 5.42. The van der Waals surface area contributed by atoms with E-state index in [9.17, 15) is 0 Å². The molecule has 18 heavy (non-hydrogen) atoms. The summed E-state index contributed by atoms with van der Waals surface area (Å²) >= 11 is 5.42. The SMILES string of the molecule is CC1CCCC(Cn2c(=S)[nH]c3cccnc32)C1. The molecule has 3 rings (SSSR count). The number of fused-ring (bicyclic) bond motifs is 1. The zero-order valence-electron chi connectivity index (χ0n) is 10.7. The smallest absolute Gasteiger partial charge is 0.179 e. The van der Waals surface area contributed by atoms with Gasteiger partial charge in [-0.3, -0.25) is 0 Å². The molecule has 3 nitrogen and oxygen atoms in total. The Morgan fingerprint density at radius 1 is 1.50 bits per heavy atom. The van der Waals surface area contributed by atoms with Crippen molar-refractivity contribution in [3.8, 4) is 0 Å². The number of hydrogen-bond donors (Lipinski definition) is 1. The normalized spacial score (nSPS) is 24.5. The molecule has 2 aromatic heterocycles. The van der Waals surface area contributed by atoms with E-state index >= 15 is 0 Å². The molecule has 2 heterocycles. The van der Waals surface area contributed by atoms with Crippen molar-refractivity contribution in [2.24, 2.45) is 11.8 Å². The minimum Gasteiger partial charge on any atom is -0.329 e. The van der Waals surface area contributed by atoms with E-state index < -0.39 is 0 Å². The highest BCUT2D eigenvalue weighted by atomic mass is 32.1. The Hall–Kier alpha value is -1.16. The van der Waals surface area contributed by atoms with E-state index in [2.05, 4.69) is 21.5 Å². The van der Waals surface area contributed by atoms with Gasteiger partial charge in [-0.25, -0.2) is 4.98 Å². The number of aromatic amines is 1. The fraction of sp³-hybridized carbons (Fsp3) is 0.571. The maximum atomic E-state index is 5.42. The summed E-state index contributed by atoms with van der Waals surface area (Å²) in [5.41, 5.74) is 2.05. The van der Waals surface area contributed by atoms with Crippen molar-refractivity contribution >= 4 is 23.4 Å². The number of nitrogens with one attached hydrogen (secondary N) is 1. The number of imidazole rings is 1. The predicted octanol–water partition coefficient (Wildman–Crippen LogP) is 3.92. The van der Waals surface area contributed by atoms with Gasteiger partial charge < -0.3 is 9.55 Å². The van der Waals surface area contributed by atoms with Crippen LogP contribution in [0.25, 0.3) is 11.2 Å². The first-order chi connectivity index (χ1) is 8.74. The number of hydrogen-bond acceptors (Lipinski definition) is 2. The van der Waals surface area contributed by atoms with Crippen LogP contribution >= 0.6 is 12.2 Å². The Balaban J connectivity index is 1.90. The molecule has 2 unspecified atom stereocenters. The van der Waals surface area contributed by atoms with Crippen LogP contribution in [0.5, 0.6) is 0 Å². The summed E-state index contributed by atoms with van der Waals surface area (Å²) < 4.78 is 2.98. The zero-order valence-corrected chi connectivity index (χ0v) is 11.5. The number of pyridine rings is 1. The second-order valence-electron chi connectivity index (χ2n) is 5.55. The molecule has 1 aliphatic rings. The second-order valence-corrected chi connectivity index (χ2v) is 5.94. The third-order valence-corrected chi connectivity index (χ3v) is 4.34. The summed E-state index contributed by atoms with van der Waals surface area (Å²) in [5, 5.41) is 0. The number of H-pyrrole nitrogens is 1. The predicted molar refractivity (Wildman–Crippen MR) is 76.0 cm³/mol. The van der Waals surface area contributed by atoms with Crippen molar-refractivity contribution in [2.45, 2.75) is 39.2 Å². The molecule has 1 aliphatic carbocycles. The van der Waals surface area contributed by atoms with Gasteiger partial charge in [0.2, 0.25) is 0 Å². The van der Waals surface area contributed by atoms with E-state index in [-0.39, 0.29) is 0 Å². The third-order valence-electron chi connectivity index (χ3n) is 4.01. The minimum absolute atomic E-state index is 0.751. The lowest BCUT2D eigenvalue weighted by Crippen LogP contribution is -2.18. The van der Waals surface area contributed by atoms with Crippen molar-refractivity contribution in [1.82, 2.24) is 14.5 Å². The Kier molecular flexibility index (Phi) is 3.20. The molecule has 0 radical (unpaired) electrons. The quantitative estimate of drug-likeness (QED) is 0.831. The molecule has 4 heteroatoms. The highest BCUT2D eigenvalue weighted by Gasteiger charge is 2.20. The van der Waals surface area contributed by atoms with Crippen molar-refractivity contribution in [3.63, 3.8) is 0 Å². The van der Waals surface area contributed by atoms with E-state index in [1.54, 1.807) is 0 Å². The molecule has 2 atom stereocenters. The average Bonchev–Trinajstić information content (AvgIpc) is 2.66. The maximum Gasteiger partial charge on any atom is 0.179 e. The number of aromatic nitrogens is 3. The zero-order chi connectivity index (χ0) is 12.5. The summed E-state index contributed by atoms with van der Waals surface area (Å²) in [6.07, 6.45) is 7.22. The molecule has 0 saturated heterocycles. The van der Waals surface area contributed by atoms with E-state index in [4.69, 9.17) is 12.2 Å². The summed E-state index contributed by atoms with van der Waals surface area (Å²) in [5.74, 6) is 1.61. The van der Waals surface area contributed by atoms with Crippen LogP contribution in [0.15, 0.2) is 18.3 Å². The van der Waals surface area contributed by atoms with Gasteiger partial charge in [-0.15, -0.1) is 0 Å². The van der Waals surface area contributed by atoms with Crippen molar-refractivity contribution < 1.29 is 0 Å². The third kappa shape index (κ3) is 2.21. The Labute approximate surface area is 112 Å². The number of rotatable bonds is 2. The van der Waals surface area contributed by atoms with E-state index in [0.29, 0.717) is 0 Å². The van der Waals surface area contributed by atoms with Gasteiger partial charge in [0, 0.05) is 12.7 Å². The van der Waals surface area contributed by atoms with E-state index in [1.165, 1.54) is 25.7 Å². The van der Waals surface area contributed by atoms with Gasteiger partial charge in [-0.1, -0.05) is 19.8 Å². The van der Waals surface area contributed by atoms with Crippen LogP contribution < -0.4 is 0 Å². The first kappa shape index (κ1) is 11.9. The van der Waals surface area contributed by atoms with Crippen molar-refractivity contribution in [3.05, 3.63) is 23.1 Å². The highest BCUT2D eigenvalue weighted by Crippen LogP contribution is 2.30. The fourth-order valence-electron chi connectivity index (χ4n) is 3.14. The van der Waals surface area contributed by atoms with Crippen LogP contribution in [0.2, 0.25) is 0 Å². The van der Waals surface area contributed by atoms with Crippen molar-refractivity contribution in [1.29, 1.82) is 0 Å². The first-order valence-electron chi connectivity index (χ1n) is 6.77. The fourth-order valence-corrected chi connectivity index (χ4v) is 3.41. The lowest BCUT2D eigenvalue weighted by atomic mass is 9.82. The van der Waals surface area contributed by atoms with Crippen LogP contribution in [0.4, 0.5) is 0 Å². The van der Waals surface area contributed by atoms with Gasteiger partial charge in [0.05, 0.1) is 5.52 Å². The van der Waals surface area contributed by atoms with Gasteiger partial charge in [0.25, 0.3) is 0 Å². The summed E-state index contributed by atoms with van der Waals surface area (Å²) in [6, 6.07) is 3.98. The van der Waals surface area contributed by atoms with E-state index in [1.807, 2.05) is 18.3 Å². The van der Waals surface area contributed by atoms with Crippen LogP contribution in [-0.2, 0) is 6.54 Å². The molecule has 0 aromatic carbocycles. The Morgan fingerprint density at radius 2 is 2.39 bits per heavy atom. The molecule has 0 spiro atoms. The van der Waals surface area contributed by atoms with Gasteiger partial charge in [0.15, 0.2) is 10.4 Å². The molecule has 1 saturated carbocycles. The van der Waals surface area contributed by atoms with Gasteiger partial charge in [-0.05, 0) is 49.0 Å². The van der Waals surface area contributed by atoms with Crippen LogP contribution in [0.1, 0.15) is 32.6 Å². The van der Waals surface area contributed by atoms with Crippen LogP contribution in [0.3, 0.4) is 0 Å². The second kappa shape index (κ2) is 4.84. The lowest BCUT2D eigenvalue weighted by molar-refractivity contribution is 0.258. The molecular formula is C14H19N3S. The lowest BCUT2D eigenvalue weighted by Gasteiger charge is -2.26. The Bertz CT molecular complexity index is 598. The van der Waals surface area contributed by atoms with E-state index in [0.717, 1.165) is 34.3 Å². The monoisotopic (exact) mass is 261 g/mol. The minimum atomic E-state index is 0.751. The largest absolute Gasteiger partial charge is 0.329 e. The van der Waals surface area contributed by atoms with Gasteiger partial charge in [-0.2, -0.15) is 0 Å². The Morgan fingerprint density at radius 3 is 3.22 bits per heavy atom. The molecule has 1 N–H and O–H groups in total. The first-order valence-corrected chi connectivity index (χ1v) is 7.18. The standard InChI is InChI=1S/C14H19N3S/c1-10-4-2-5-11(8-10)9-17-13-12(16-14(17)18)6-3-7-15-13/h3,6-7,10-11H,2,4-5,8-9H2,1H3,(H,16,18). The molecule has 0 bridgehead atoms. The van der Waals surface area contributed by atoms with Crippen LogP contribution in [0, 0.1) is 16.6 Å². The molecular weight excluding hydrogens is 242 g/mol. The van der Waals surface area contributed by atoms with Crippen molar-refractivity contribution in [2.75, 3.05) is 0 Å². The average molecular weight is 261 g/mol. The van der Waals surface area contributed by atoms with Gasteiger partial charge in [0.1, 0.15) is 0 Å². The summed E-state index contributed by atoms with van der Waals surface area (Å²) in [7, 11) is 0. The number of nitrogens with zero attached hydrogens (tertiary/aromatic N) is 2. The van der Waals surface area contributed by atoms with Crippen LogP contribution in [-0.4, -0.2) is 14.5 Å². The molecule has 2 aromatic rings. The highest BCUT2D eigenvalue weighted by molar-refractivity contribution is 7.71. The summed E-state index contributed by atoms with van der Waals surface area (Å²) in [4.78, 5) is 7.69.